The van der Waals surface area contributed by atoms with Gasteiger partial charge in [0.1, 0.15) is 12.0 Å². The summed E-state index contributed by atoms with van der Waals surface area (Å²) in [5, 5.41) is 0. The van der Waals surface area contributed by atoms with E-state index in [1.165, 1.54) is 4.57 Å². The molecule has 1 saturated heterocycles. The van der Waals surface area contributed by atoms with E-state index in [0.29, 0.717) is 13.2 Å². The minimum absolute atomic E-state index is 0.00170. The first-order chi connectivity index (χ1) is 10.7. The molecule has 0 radical (unpaired) electrons. The van der Waals surface area contributed by atoms with Gasteiger partial charge < -0.3 is 15.2 Å². The molecule has 1 aromatic heterocycles. The highest BCUT2D eigenvalue weighted by atomic mass is 16.5. The molecule has 0 bridgehead atoms. The average Bonchev–Trinajstić information content (AvgIpc) is 2.97. The van der Waals surface area contributed by atoms with Crippen LogP contribution in [0.4, 0.5) is 5.82 Å². The van der Waals surface area contributed by atoms with Gasteiger partial charge in [0, 0.05) is 6.20 Å². The summed E-state index contributed by atoms with van der Waals surface area (Å²) in [7, 11) is 0. The van der Waals surface area contributed by atoms with Crippen molar-refractivity contribution in [2.45, 2.75) is 31.8 Å². The number of hydrogen-bond donors (Lipinski definition) is 1. The minimum atomic E-state index is -0.379. The van der Waals surface area contributed by atoms with Crippen molar-refractivity contribution in [2.24, 2.45) is 0 Å². The Morgan fingerprint density at radius 3 is 2.86 bits per heavy atom. The number of aromatic nitrogens is 2. The Bertz CT molecular complexity index is 672. The van der Waals surface area contributed by atoms with Crippen molar-refractivity contribution < 1.29 is 9.47 Å². The second kappa shape index (κ2) is 6.72. The molecule has 2 N–H and O–H groups in total. The normalized spacial score (nSPS) is 21.1. The van der Waals surface area contributed by atoms with Gasteiger partial charge in [-0.1, -0.05) is 30.3 Å². The summed E-state index contributed by atoms with van der Waals surface area (Å²) < 4.78 is 13.0. The van der Waals surface area contributed by atoms with Gasteiger partial charge in [0.15, 0.2) is 0 Å². The van der Waals surface area contributed by atoms with Gasteiger partial charge in [-0.15, -0.1) is 0 Å². The van der Waals surface area contributed by atoms with Crippen LogP contribution < -0.4 is 11.4 Å². The fraction of sp³-hybridized carbons (Fsp3) is 0.375. The molecule has 0 spiro atoms. The molecule has 2 aromatic rings. The number of rotatable bonds is 5. The van der Waals surface area contributed by atoms with Gasteiger partial charge in [0.2, 0.25) is 0 Å². The molecule has 0 amide bonds. The molecule has 6 heteroatoms. The van der Waals surface area contributed by atoms with Crippen LogP contribution in [0.5, 0.6) is 0 Å². The van der Waals surface area contributed by atoms with E-state index in [2.05, 4.69) is 4.98 Å². The van der Waals surface area contributed by atoms with Gasteiger partial charge in [0.05, 0.1) is 19.3 Å². The molecular formula is C16H19N3O3. The van der Waals surface area contributed by atoms with Crippen molar-refractivity contribution in [3.8, 4) is 0 Å². The molecule has 1 aliphatic heterocycles. The Morgan fingerprint density at radius 2 is 2.09 bits per heavy atom. The van der Waals surface area contributed by atoms with Crippen molar-refractivity contribution in [3.63, 3.8) is 0 Å². The highest BCUT2D eigenvalue weighted by Gasteiger charge is 2.27. The second-order valence-corrected chi connectivity index (χ2v) is 5.33. The van der Waals surface area contributed by atoms with E-state index in [-0.39, 0.29) is 23.8 Å². The van der Waals surface area contributed by atoms with Crippen LogP contribution >= 0.6 is 0 Å². The van der Waals surface area contributed by atoms with Crippen molar-refractivity contribution >= 4 is 5.82 Å². The summed E-state index contributed by atoms with van der Waals surface area (Å²) in [5.41, 5.74) is 6.25. The number of nitrogen functional groups attached to an aromatic ring is 1. The smallest absolute Gasteiger partial charge is 0.351 e. The quantitative estimate of drug-likeness (QED) is 0.909. The van der Waals surface area contributed by atoms with Crippen LogP contribution in [0.1, 0.15) is 24.6 Å². The Morgan fingerprint density at radius 1 is 1.27 bits per heavy atom. The van der Waals surface area contributed by atoms with Crippen LogP contribution in [0, 0.1) is 0 Å². The van der Waals surface area contributed by atoms with Crippen molar-refractivity contribution in [3.05, 3.63) is 58.6 Å². The van der Waals surface area contributed by atoms with Crippen molar-refractivity contribution in [2.75, 3.05) is 12.3 Å². The van der Waals surface area contributed by atoms with Crippen LogP contribution in [0.25, 0.3) is 0 Å². The number of anilines is 1. The van der Waals surface area contributed by atoms with Crippen LogP contribution in [-0.4, -0.2) is 22.3 Å². The van der Waals surface area contributed by atoms with E-state index in [0.717, 1.165) is 18.4 Å². The summed E-state index contributed by atoms with van der Waals surface area (Å²) in [6.45, 7) is 1.08. The molecule has 2 atom stereocenters. The number of benzene rings is 1. The Hall–Kier alpha value is -2.18. The maximum atomic E-state index is 11.8. The third-order valence-corrected chi connectivity index (χ3v) is 3.66. The Balaban J connectivity index is 1.51. The molecule has 0 aliphatic carbocycles. The van der Waals surface area contributed by atoms with Gasteiger partial charge in [-0.25, -0.2) is 4.79 Å². The highest BCUT2D eigenvalue weighted by molar-refractivity contribution is 5.23. The fourth-order valence-electron chi connectivity index (χ4n) is 2.54. The third-order valence-electron chi connectivity index (χ3n) is 3.66. The summed E-state index contributed by atoms with van der Waals surface area (Å²) in [4.78, 5) is 15.5. The van der Waals surface area contributed by atoms with Gasteiger partial charge in [-0.3, -0.25) is 4.57 Å². The van der Waals surface area contributed by atoms with Gasteiger partial charge >= 0.3 is 5.69 Å². The summed E-state index contributed by atoms with van der Waals surface area (Å²) in [6.07, 6.45) is 2.97. The number of nitrogens with zero attached hydrogens (tertiary/aromatic N) is 2. The van der Waals surface area contributed by atoms with E-state index < -0.39 is 0 Å². The maximum absolute atomic E-state index is 11.8. The predicted molar refractivity (Wildman–Crippen MR) is 82.2 cm³/mol. The van der Waals surface area contributed by atoms with E-state index in [9.17, 15) is 4.79 Å². The zero-order valence-electron chi connectivity index (χ0n) is 12.2. The lowest BCUT2D eigenvalue weighted by atomic mass is 10.2. The molecule has 2 heterocycles. The molecule has 2 unspecified atom stereocenters. The molecule has 1 aliphatic rings. The lowest BCUT2D eigenvalue weighted by molar-refractivity contribution is -0.0462. The topological polar surface area (TPSA) is 79.4 Å². The summed E-state index contributed by atoms with van der Waals surface area (Å²) >= 11 is 0. The molecule has 116 valence electrons. The van der Waals surface area contributed by atoms with Crippen LogP contribution in [-0.2, 0) is 16.1 Å². The zero-order valence-corrected chi connectivity index (χ0v) is 12.2. The molecule has 6 nitrogen and oxygen atoms in total. The van der Waals surface area contributed by atoms with Gasteiger partial charge in [-0.2, -0.15) is 4.98 Å². The molecular weight excluding hydrogens is 282 g/mol. The maximum Gasteiger partial charge on any atom is 0.351 e. The number of nitrogens with two attached hydrogens (primary N) is 1. The summed E-state index contributed by atoms with van der Waals surface area (Å²) in [6, 6.07) is 11.6. The first-order valence-electron chi connectivity index (χ1n) is 7.34. The van der Waals surface area contributed by atoms with Crippen molar-refractivity contribution in [1.82, 2.24) is 9.55 Å². The molecule has 0 saturated carbocycles. The number of hydrogen-bond acceptors (Lipinski definition) is 5. The number of ether oxygens (including phenoxy) is 2. The Labute approximate surface area is 128 Å². The van der Waals surface area contributed by atoms with Gasteiger partial charge in [0.25, 0.3) is 0 Å². The fourth-order valence-corrected chi connectivity index (χ4v) is 2.54. The average molecular weight is 301 g/mol. The minimum Gasteiger partial charge on any atom is -0.383 e. The van der Waals surface area contributed by atoms with E-state index in [1.54, 1.807) is 12.3 Å². The second-order valence-electron chi connectivity index (χ2n) is 5.33. The van der Waals surface area contributed by atoms with Gasteiger partial charge in [-0.05, 0) is 24.5 Å². The largest absolute Gasteiger partial charge is 0.383 e. The third kappa shape index (κ3) is 3.52. The predicted octanol–water partition coefficient (Wildman–Crippen LogP) is 1.72. The van der Waals surface area contributed by atoms with E-state index >= 15 is 0 Å². The zero-order chi connectivity index (χ0) is 15.4. The molecule has 1 aromatic carbocycles. The van der Waals surface area contributed by atoms with Crippen LogP contribution in [0.3, 0.4) is 0 Å². The molecule has 22 heavy (non-hydrogen) atoms. The van der Waals surface area contributed by atoms with Crippen LogP contribution in [0.15, 0.2) is 47.4 Å². The molecule has 1 fully saturated rings. The lowest BCUT2D eigenvalue weighted by Crippen LogP contribution is -2.27. The summed E-state index contributed by atoms with van der Waals surface area (Å²) in [5.74, 6) is 0.224. The SMILES string of the molecule is Nc1ccn(C2CCC(COCc3ccccc3)O2)c(=O)n1. The monoisotopic (exact) mass is 301 g/mol. The highest BCUT2D eigenvalue weighted by Crippen LogP contribution is 2.27. The van der Waals surface area contributed by atoms with E-state index in [4.69, 9.17) is 15.2 Å². The lowest BCUT2D eigenvalue weighted by Gasteiger charge is -2.15. The van der Waals surface area contributed by atoms with E-state index in [1.807, 2.05) is 30.3 Å². The standard InChI is InChI=1S/C16H19N3O3/c17-14-8-9-19(16(20)18-14)15-7-6-13(22-15)11-21-10-12-4-2-1-3-5-12/h1-5,8-9,13,15H,6-7,10-11H2,(H2,17,18,20). The van der Waals surface area contributed by atoms with Crippen molar-refractivity contribution in [1.29, 1.82) is 0 Å². The molecule has 3 rings (SSSR count). The Kier molecular flexibility index (Phi) is 4.50. The first-order valence-corrected chi connectivity index (χ1v) is 7.34. The van der Waals surface area contributed by atoms with Crippen LogP contribution in [0.2, 0.25) is 0 Å². The first kappa shape index (κ1) is 14.7.